The molecule has 0 fully saturated rings. The van der Waals surface area contributed by atoms with Gasteiger partial charge in [0.15, 0.2) is 0 Å². The molecule has 4 N–H and O–H groups in total. The standard InChI is InChI=1S/C9H12ClN3O2/c1-5(14)3-13-9(15)7-2-6(11)4-12-8(7)10/h2,4-5,14H,3,11H2,1H3,(H,13,15). The molecule has 0 saturated heterocycles. The number of nitrogen functional groups attached to an aromatic ring is 1. The first kappa shape index (κ1) is 11.7. The Balaban J connectivity index is 2.77. The van der Waals surface area contributed by atoms with E-state index in [-0.39, 0.29) is 17.3 Å². The number of nitrogens with one attached hydrogen (secondary N) is 1. The van der Waals surface area contributed by atoms with Gasteiger partial charge in [-0.1, -0.05) is 11.6 Å². The van der Waals surface area contributed by atoms with E-state index in [9.17, 15) is 4.79 Å². The monoisotopic (exact) mass is 229 g/mol. The van der Waals surface area contributed by atoms with Crippen LogP contribution in [0.4, 0.5) is 5.69 Å². The summed E-state index contributed by atoms with van der Waals surface area (Å²) in [5, 5.41) is 11.6. The van der Waals surface area contributed by atoms with E-state index in [1.165, 1.54) is 12.3 Å². The SMILES string of the molecule is CC(O)CNC(=O)c1cc(N)cnc1Cl. The van der Waals surface area contributed by atoms with Gasteiger partial charge in [0.05, 0.1) is 23.6 Å². The van der Waals surface area contributed by atoms with Crippen molar-refractivity contribution in [3.63, 3.8) is 0 Å². The molecule has 0 aliphatic rings. The van der Waals surface area contributed by atoms with Gasteiger partial charge >= 0.3 is 0 Å². The molecule has 5 nitrogen and oxygen atoms in total. The summed E-state index contributed by atoms with van der Waals surface area (Å²) >= 11 is 5.72. The first-order valence-electron chi connectivity index (χ1n) is 4.38. The number of anilines is 1. The highest BCUT2D eigenvalue weighted by atomic mass is 35.5. The van der Waals surface area contributed by atoms with Crippen LogP contribution in [-0.2, 0) is 0 Å². The van der Waals surface area contributed by atoms with Crippen LogP contribution in [0.5, 0.6) is 0 Å². The smallest absolute Gasteiger partial charge is 0.254 e. The van der Waals surface area contributed by atoms with Crippen LogP contribution in [0.2, 0.25) is 5.15 Å². The maximum atomic E-state index is 11.5. The third kappa shape index (κ3) is 3.38. The number of aliphatic hydroxyl groups is 1. The molecule has 1 amide bonds. The molecular formula is C9H12ClN3O2. The van der Waals surface area contributed by atoms with Crippen molar-refractivity contribution in [2.45, 2.75) is 13.0 Å². The van der Waals surface area contributed by atoms with Crippen molar-refractivity contribution in [1.29, 1.82) is 0 Å². The van der Waals surface area contributed by atoms with Crippen molar-refractivity contribution in [2.75, 3.05) is 12.3 Å². The summed E-state index contributed by atoms with van der Waals surface area (Å²) in [6, 6.07) is 1.44. The lowest BCUT2D eigenvalue weighted by atomic mass is 10.2. The zero-order valence-electron chi connectivity index (χ0n) is 8.20. The fourth-order valence-electron chi connectivity index (χ4n) is 0.959. The predicted molar refractivity (Wildman–Crippen MR) is 57.7 cm³/mol. The van der Waals surface area contributed by atoms with Gasteiger partial charge in [-0.25, -0.2) is 4.98 Å². The molecule has 0 aromatic carbocycles. The molecule has 0 aliphatic carbocycles. The predicted octanol–water partition coefficient (Wildman–Crippen LogP) is 0.428. The largest absolute Gasteiger partial charge is 0.397 e. The normalized spacial score (nSPS) is 12.2. The lowest BCUT2D eigenvalue weighted by Gasteiger charge is -2.08. The zero-order chi connectivity index (χ0) is 11.4. The van der Waals surface area contributed by atoms with Crippen LogP contribution in [0, 0.1) is 0 Å². The Labute approximate surface area is 92.3 Å². The summed E-state index contributed by atoms with van der Waals surface area (Å²) in [7, 11) is 0. The molecule has 0 spiro atoms. The molecule has 6 heteroatoms. The number of carbonyl (C=O) groups is 1. The number of aliphatic hydroxyl groups excluding tert-OH is 1. The molecule has 0 bridgehead atoms. The van der Waals surface area contributed by atoms with Gasteiger partial charge in [-0.2, -0.15) is 0 Å². The third-order valence-corrected chi connectivity index (χ3v) is 1.96. The number of carbonyl (C=O) groups excluding carboxylic acids is 1. The van der Waals surface area contributed by atoms with Crippen LogP contribution >= 0.6 is 11.6 Å². The van der Waals surface area contributed by atoms with Crippen molar-refractivity contribution in [3.05, 3.63) is 23.0 Å². The minimum Gasteiger partial charge on any atom is -0.397 e. The van der Waals surface area contributed by atoms with Gasteiger partial charge in [-0.05, 0) is 13.0 Å². The molecule has 82 valence electrons. The minimum atomic E-state index is -0.609. The summed E-state index contributed by atoms with van der Waals surface area (Å²) in [5.74, 6) is -0.402. The molecule has 1 heterocycles. The van der Waals surface area contributed by atoms with Crippen LogP contribution in [0.25, 0.3) is 0 Å². The number of hydrogen-bond acceptors (Lipinski definition) is 4. The quantitative estimate of drug-likeness (QED) is 0.656. The van der Waals surface area contributed by atoms with Crippen molar-refractivity contribution in [1.82, 2.24) is 10.3 Å². The maximum absolute atomic E-state index is 11.5. The summed E-state index contributed by atoms with van der Waals surface area (Å²) < 4.78 is 0. The fraction of sp³-hybridized carbons (Fsp3) is 0.333. The molecule has 1 aromatic heterocycles. The number of halogens is 1. The highest BCUT2D eigenvalue weighted by molar-refractivity contribution is 6.32. The van der Waals surface area contributed by atoms with Crippen molar-refractivity contribution >= 4 is 23.2 Å². The van der Waals surface area contributed by atoms with E-state index in [2.05, 4.69) is 10.3 Å². The molecule has 0 aliphatic heterocycles. The topological polar surface area (TPSA) is 88.2 Å². The van der Waals surface area contributed by atoms with E-state index in [4.69, 9.17) is 22.4 Å². The Morgan fingerprint density at radius 2 is 2.47 bits per heavy atom. The van der Waals surface area contributed by atoms with Gasteiger partial charge < -0.3 is 16.2 Å². The molecule has 0 radical (unpaired) electrons. The summed E-state index contributed by atoms with van der Waals surface area (Å²) in [6.07, 6.45) is 0.759. The van der Waals surface area contributed by atoms with E-state index in [1.807, 2.05) is 0 Å². The van der Waals surface area contributed by atoms with Crippen molar-refractivity contribution in [3.8, 4) is 0 Å². The lowest BCUT2D eigenvalue weighted by Crippen LogP contribution is -2.30. The Morgan fingerprint density at radius 3 is 3.07 bits per heavy atom. The van der Waals surface area contributed by atoms with Crippen LogP contribution in [-0.4, -0.2) is 28.6 Å². The van der Waals surface area contributed by atoms with E-state index in [0.29, 0.717) is 5.69 Å². The second kappa shape index (κ2) is 4.95. The van der Waals surface area contributed by atoms with Gasteiger partial charge in [0.2, 0.25) is 0 Å². The number of pyridine rings is 1. The Hall–Kier alpha value is -1.33. The average Bonchev–Trinajstić information content (AvgIpc) is 2.18. The third-order valence-electron chi connectivity index (χ3n) is 1.66. The van der Waals surface area contributed by atoms with Gasteiger partial charge in [-0.15, -0.1) is 0 Å². The fourth-order valence-corrected chi connectivity index (χ4v) is 1.15. The molecule has 1 unspecified atom stereocenters. The zero-order valence-corrected chi connectivity index (χ0v) is 8.95. The summed E-state index contributed by atoms with van der Waals surface area (Å²) in [4.78, 5) is 15.3. The molecule has 1 aromatic rings. The van der Waals surface area contributed by atoms with E-state index in [0.717, 1.165) is 0 Å². The summed E-state index contributed by atoms with van der Waals surface area (Å²) in [5.41, 5.74) is 6.04. The van der Waals surface area contributed by atoms with Gasteiger partial charge in [0.1, 0.15) is 5.15 Å². The average molecular weight is 230 g/mol. The van der Waals surface area contributed by atoms with Crippen LogP contribution in [0.3, 0.4) is 0 Å². The number of nitrogens with zero attached hydrogens (tertiary/aromatic N) is 1. The molecular weight excluding hydrogens is 218 g/mol. The highest BCUT2D eigenvalue weighted by Gasteiger charge is 2.11. The number of nitrogens with two attached hydrogens (primary N) is 1. The van der Waals surface area contributed by atoms with Crippen LogP contribution in [0.1, 0.15) is 17.3 Å². The van der Waals surface area contributed by atoms with E-state index in [1.54, 1.807) is 6.92 Å². The first-order chi connectivity index (χ1) is 7.00. The first-order valence-corrected chi connectivity index (χ1v) is 4.75. The Kier molecular flexibility index (Phi) is 3.88. The number of hydrogen-bond donors (Lipinski definition) is 3. The molecule has 1 atom stereocenters. The molecule has 1 rings (SSSR count). The Morgan fingerprint density at radius 1 is 1.80 bits per heavy atom. The maximum Gasteiger partial charge on any atom is 0.254 e. The highest BCUT2D eigenvalue weighted by Crippen LogP contribution is 2.15. The van der Waals surface area contributed by atoms with Crippen molar-refractivity contribution < 1.29 is 9.90 Å². The van der Waals surface area contributed by atoms with Gasteiger partial charge in [0.25, 0.3) is 5.91 Å². The van der Waals surface area contributed by atoms with Crippen LogP contribution < -0.4 is 11.1 Å². The Bertz CT molecular complexity index is 368. The minimum absolute atomic E-state index is 0.0901. The van der Waals surface area contributed by atoms with E-state index < -0.39 is 12.0 Å². The summed E-state index contributed by atoms with van der Waals surface area (Å²) in [6.45, 7) is 1.73. The van der Waals surface area contributed by atoms with Crippen LogP contribution in [0.15, 0.2) is 12.3 Å². The second-order valence-corrected chi connectivity index (χ2v) is 3.52. The van der Waals surface area contributed by atoms with E-state index >= 15 is 0 Å². The van der Waals surface area contributed by atoms with Gasteiger partial charge in [0, 0.05) is 6.54 Å². The van der Waals surface area contributed by atoms with Crippen molar-refractivity contribution in [2.24, 2.45) is 0 Å². The number of aromatic nitrogens is 1. The van der Waals surface area contributed by atoms with Gasteiger partial charge in [-0.3, -0.25) is 4.79 Å². The lowest BCUT2D eigenvalue weighted by molar-refractivity contribution is 0.0924. The number of rotatable bonds is 3. The molecule has 15 heavy (non-hydrogen) atoms. The number of amides is 1. The second-order valence-electron chi connectivity index (χ2n) is 3.17. The molecule has 0 saturated carbocycles.